The molecule has 2 aliphatic rings. The molecule has 0 radical (unpaired) electrons. The molecule has 0 spiro atoms. The molecule has 11 nitrogen and oxygen atoms in total. The van der Waals surface area contributed by atoms with Crippen molar-refractivity contribution in [1.82, 2.24) is 0 Å². The smallest absolute Gasteiger partial charge is 0.399 e. The van der Waals surface area contributed by atoms with Gasteiger partial charge in [-0.25, -0.2) is 0 Å². The predicted molar refractivity (Wildman–Crippen MR) is 345 cm³/mol. The van der Waals surface area contributed by atoms with Crippen molar-refractivity contribution in [2.24, 2.45) is 0 Å². The molecular formula is C59H90B2Br4O11P2. The molecule has 0 atom stereocenters. The maximum Gasteiger partial charge on any atom is 0.640 e. The first-order valence-corrected chi connectivity index (χ1v) is 32.9. The normalized spacial score (nSPS) is 15.4. The largest absolute Gasteiger partial charge is 0.640 e. The van der Waals surface area contributed by atoms with Crippen LogP contribution in [0.2, 0.25) is 0 Å². The van der Waals surface area contributed by atoms with Crippen molar-refractivity contribution >= 4 is 112 Å². The summed E-state index contributed by atoms with van der Waals surface area (Å²) in [6.07, 6.45) is 4.76. The van der Waals surface area contributed by atoms with Gasteiger partial charge in [-0.1, -0.05) is 148 Å². The van der Waals surface area contributed by atoms with Crippen LogP contribution in [0, 0.1) is 0 Å². The third-order valence-electron chi connectivity index (χ3n) is 11.6. The standard InChI is InChI=1S/C16H23BO2.C11H16BrO3P.C10H11Br.C9H19BO3.C7H6Br2.C6H15O3P/c1-12(2)11-13-7-9-14(10-8-13)17-18-15(3,4)16(5,6)19-17;1-3-14-16(13,15-4-2)9-10-5-7-11(12)8-6-10;1-8(2)7-9-3-5-10(11)6-4-9;1-7(2)11-10-12-8(3,4)9(5,6)13-10;8-5-6-1-3-7(9)4-2-6;1-4-7-10(8-5-2)9-6-3/h7-11H,1-6H3;5-8H,3-4,9H2,1-2H3;3-7H,1-2H3;7H,1-6H3;1-4H,5H2;4-6H2,1-3H3. The van der Waals surface area contributed by atoms with Gasteiger partial charge in [0, 0.05) is 24.9 Å². The van der Waals surface area contributed by atoms with E-state index in [2.05, 4.69) is 192 Å². The Balaban J connectivity index is 0.000000477. The number of allylic oxidation sites excluding steroid dienone is 2. The molecule has 0 bridgehead atoms. The molecule has 4 aromatic rings. The molecule has 0 N–H and O–H groups in total. The first kappa shape index (κ1) is 74.7. The number of halogens is 4. The lowest BCUT2D eigenvalue weighted by Gasteiger charge is -2.32. The zero-order valence-electron chi connectivity index (χ0n) is 50.0. The first-order chi connectivity index (χ1) is 36.4. The second-order valence-corrected chi connectivity index (χ2v) is 27.0. The summed E-state index contributed by atoms with van der Waals surface area (Å²) in [6.45, 7) is 40.8. The summed E-state index contributed by atoms with van der Waals surface area (Å²) in [4.78, 5) is 0. The Bertz CT molecular complexity index is 2310. The number of benzene rings is 4. The summed E-state index contributed by atoms with van der Waals surface area (Å²) in [5, 5.41) is 0.931. The Kier molecular flexibility index (Phi) is 36.2. The number of hydrogen-bond acceptors (Lipinski definition) is 11. The molecule has 2 heterocycles. The van der Waals surface area contributed by atoms with E-state index in [9.17, 15) is 4.57 Å². The molecule has 4 aromatic carbocycles. The molecule has 6 rings (SSSR count). The molecule has 19 heteroatoms. The molecule has 0 aromatic heterocycles. The van der Waals surface area contributed by atoms with Gasteiger partial charge in [-0.15, -0.1) is 0 Å². The van der Waals surface area contributed by atoms with Crippen molar-refractivity contribution in [1.29, 1.82) is 0 Å². The van der Waals surface area contributed by atoms with Gasteiger partial charge < -0.3 is 45.9 Å². The summed E-state index contributed by atoms with van der Waals surface area (Å²) in [7, 11) is -4.83. The molecule has 2 saturated heterocycles. The van der Waals surface area contributed by atoms with Crippen LogP contribution in [-0.4, -0.2) is 76.0 Å². The van der Waals surface area contributed by atoms with E-state index in [1.165, 1.54) is 27.8 Å². The van der Waals surface area contributed by atoms with Crippen molar-refractivity contribution < 1.29 is 50.5 Å². The van der Waals surface area contributed by atoms with E-state index in [0.29, 0.717) is 39.2 Å². The molecule has 0 unspecified atom stereocenters. The first-order valence-electron chi connectivity index (χ1n) is 26.5. The van der Waals surface area contributed by atoms with Crippen molar-refractivity contribution in [3.63, 3.8) is 0 Å². The van der Waals surface area contributed by atoms with Crippen LogP contribution >= 0.6 is 79.9 Å². The van der Waals surface area contributed by atoms with Crippen molar-refractivity contribution in [2.75, 3.05) is 33.0 Å². The topological polar surface area (TPSA) is 109 Å². The van der Waals surface area contributed by atoms with E-state index in [4.69, 9.17) is 45.9 Å². The van der Waals surface area contributed by atoms with Crippen molar-refractivity contribution in [3.05, 3.63) is 144 Å². The third-order valence-corrected chi connectivity index (χ3v) is 17.3. The van der Waals surface area contributed by atoms with Crippen LogP contribution in [0.15, 0.2) is 122 Å². The van der Waals surface area contributed by atoms with Crippen LogP contribution in [0.25, 0.3) is 12.2 Å². The van der Waals surface area contributed by atoms with E-state index >= 15 is 0 Å². The summed E-state index contributed by atoms with van der Waals surface area (Å²) in [6, 6.07) is 32.6. The average Bonchev–Trinajstić information content (AvgIpc) is 3.69. The Morgan fingerprint density at radius 1 is 0.538 bits per heavy atom. The molecule has 0 saturated carbocycles. The van der Waals surface area contributed by atoms with Crippen LogP contribution in [0.5, 0.6) is 0 Å². The highest BCUT2D eigenvalue weighted by Gasteiger charge is 2.53. The van der Waals surface area contributed by atoms with Crippen molar-refractivity contribution in [3.8, 4) is 0 Å². The monoisotopic (exact) mass is 1370 g/mol. The van der Waals surface area contributed by atoms with Gasteiger partial charge in [0.2, 0.25) is 0 Å². The minimum absolute atomic E-state index is 0.120. The maximum atomic E-state index is 12.2. The second kappa shape index (κ2) is 37.8. The zero-order chi connectivity index (χ0) is 59.3. The van der Waals surface area contributed by atoms with Gasteiger partial charge in [0.05, 0.1) is 61.6 Å². The Labute approximate surface area is 507 Å². The molecule has 2 fully saturated rings. The van der Waals surface area contributed by atoms with Gasteiger partial charge in [0.1, 0.15) is 0 Å². The lowest BCUT2D eigenvalue weighted by Crippen LogP contribution is -2.41. The molecule has 78 heavy (non-hydrogen) atoms. The Morgan fingerprint density at radius 2 is 0.872 bits per heavy atom. The summed E-state index contributed by atoms with van der Waals surface area (Å²) < 4.78 is 70.1. The van der Waals surface area contributed by atoms with Gasteiger partial charge in [0.15, 0.2) is 0 Å². The van der Waals surface area contributed by atoms with E-state index < -0.39 is 23.5 Å². The fraction of sp³-hybridized carbons (Fsp3) is 0.525. The lowest BCUT2D eigenvalue weighted by molar-refractivity contribution is 0.00578. The molecule has 0 aliphatic carbocycles. The SMILES string of the molecule is BrCc1ccc(Br)cc1.CC(C)=Cc1ccc(B2OC(C)(C)C(C)(C)O2)cc1.CC(C)=Cc1ccc(Br)cc1.CC(C)OB1OC(C)(C)C(C)(C)O1.CCOP(=O)(Cc1ccc(Br)cc1)OCC.CCOP(OCC)OCC. The summed E-state index contributed by atoms with van der Waals surface area (Å²) >= 11 is 13.5. The van der Waals surface area contributed by atoms with Crippen LogP contribution in [-0.2, 0) is 61.9 Å². The van der Waals surface area contributed by atoms with Gasteiger partial charge in [-0.2, -0.15) is 0 Å². The fourth-order valence-corrected chi connectivity index (χ4v) is 10.1. The Morgan fingerprint density at radius 3 is 1.19 bits per heavy atom. The van der Waals surface area contributed by atoms with Crippen LogP contribution in [0.3, 0.4) is 0 Å². The number of alkyl halides is 1. The highest BCUT2D eigenvalue weighted by Crippen LogP contribution is 2.51. The van der Waals surface area contributed by atoms with Gasteiger partial charge in [-0.05, 0) is 196 Å². The predicted octanol–water partition coefficient (Wildman–Crippen LogP) is 19.2. The Hall–Kier alpha value is -1.33. The van der Waals surface area contributed by atoms with E-state index in [0.717, 1.165) is 29.8 Å². The summed E-state index contributed by atoms with van der Waals surface area (Å²) in [5.41, 5.74) is 7.26. The van der Waals surface area contributed by atoms with Crippen LogP contribution < -0.4 is 5.46 Å². The molecule has 436 valence electrons. The minimum atomic E-state index is -2.97. The van der Waals surface area contributed by atoms with Gasteiger partial charge in [-0.3, -0.25) is 4.57 Å². The fourth-order valence-electron chi connectivity index (χ4n) is 6.36. The second-order valence-electron chi connectivity index (χ2n) is 20.4. The van der Waals surface area contributed by atoms with E-state index in [1.54, 1.807) is 0 Å². The van der Waals surface area contributed by atoms with Crippen LogP contribution in [0.4, 0.5) is 0 Å². The highest BCUT2D eigenvalue weighted by atomic mass is 79.9. The maximum absolute atomic E-state index is 12.2. The lowest BCUT2D eigenvalue weighted by atomic mass is 9.79. The third kappa shape index (κ3) is 29.8. The van der Waals surface area contributed by atoms with Gasteiger partial charge in [0.25, 0.3) is 0 Å². The molecular weight excluding hydrogens is 1290 g/mol. The van der Waals surface area contributed by atoms with Gasteiger partial charge >= 0.3 is 30.6 Å². The van der Waals surface area contributed by atoms with E-state index in [-0.39, 0.29) is 35.6 Å². The van der Waals surface area contributed by atoms with Crippen molar-refractivity contribution in [2.45, 2.75) is 172 Å². The number of rotatable bonds is 18. The molecule has 0 amide bonds. The van der Waals surface area contributed by atoms with E-state index in [1.807, 2.05) is 113 Å². The summed E-state index contributed by atoms with van der Waals surface area (Å²) in [5.74, 6) is 0. The minimum Gasteiger partial charge on any atom is -0.399 e. The number of hydrogen-bond donors (Lipinski definition) is 0. The quantitative estimate of drug-likeness (QED) is 0.0540. The molecule has 2 aliphatic heterocycles. The average molecular weight is 1380 g/mol. The highest BCUT2D eigenvalue weighted by molar-refractivity contribution is 9.11. The van der Waals surface area contributed by atoms with Crippen LogP contribution in [0.1, 0.15) is 154 Å². The zero-order valence-corrected chi connectivity index (χ0v) is 58.1.